The first kappa shape index (κ1) is 14.7. The average Bonchev–Trinajstić information content (AvgIpc) is 2.73. The van der Waals surface area contributed by atoms with Gasteiger partial charge in [-0.25, -0.2) is 9.37 Å². The molecule has 0 aliphatic carbocycles. The molecule has 3 nitrogen and oxygen atoms in total. The van der Waals surface area contributed by atoms with Crippen LogP contribution in [0.5, 0.6) is 5.75 Å². The molecule has 0 spiro atoms. The highest BCUT2D eigenvalue weighted by Crippen LogP contribution is 2.38. The van der Waals surface area contributed by atoms with Gasteiger partial charge in [0.1, 0.15) is 16.6 Å². The third kappa shape index (κ3) is 2.91. The van der Waals surface area contributed by atoms with Crippen LogP contribution in [0.25, 0.3) is 10.6 Å². The summed E-state index contributed by atoms with van der Waals surface area (Å²) in [7, 11) is 1.51. The number of nitrogens with one attached hydrogen (secondary N) is 1. The predicted octanol–water partition coefficient (Wildman–Crippen LogP) is 3.39. The van der Waals surface area contributed by atoms with Crippen molar-refractivity contribution < 1.29 is 22.7 Å². The number of hydrogen-bond donors (Lipinski definition) is 2. The second kappa shape index (κ2) is 5.37. The molecule has 0 fully saturated rings. The second-order valence-electron chi connectivity index (χ2n) is 3.98. The van der Waals surface area contributed by atoms with Gasteiger partial charge in [-0.1, -0.05) is 0 Å². The quantitative estimate of drug-likeness (QED) is 0.854. The lowest BCUT2D eigenvalue weighted by atomic mass is 10.2. The zero-order valence-corrected chi connectivity index (χ0v) is 11.1. The van der Waals surface area contributed by atoms with Crippen molar-refractivity contribution in [2.45, 2.75) is 12.7 Å². The van der Waals surface area contributed by atoms with Crippen LogP contribution in [0.15, 0.2) is 18.2 Å². The van der Waals surface area contributed by atoms with Crippen molar-refractivity contribution in [2.75, 3.05) is 7.05 Å². The van der Waals surface area contributed by atoms with Crippen LogP contribution in [0.3, 0.4) is 0 Å². The van der Waals surface area contributed by atoms with Crippen LogP contribution in [-0.4, -0.2) is 17.1 Å². The van der Waals surface area contributed by atoms with E-state index >= 15 is 0 Å². The summed E-state index contributed by atoms with van der Waals surface area (Å²) in [6.45, 7) is -0.00773. The molecule has 0 unspecified atom stereocenters. The number of phenols is 1. The molecule has 2 rings (SSSR count). The normalized spacial score (nSPS) is 11.8. The number of phenolic OH excluding ortho intramolecular Hbond substituents is 1. The molecule has 108 valence electrons. The lowest BCUT2D eigenvalue weighted by molar-refractivity contribution is -0.141. The minimum absolute atomic E-state index is 0.00773. The van der Waals surface area contributed by atoms with Gasteiger partial charge in [-0.2, -0.15) is 13.2 Å². The number of aromatic hydroxyl groups is 1. The Labute approximate surface area is 115 Å². The predicted molar refractivity (Wildman–Crippen MR) is 66.9 cm³/mol. The minimum atomic E-state index is -4.59. The molecule has 1 heterocycles. The maximum atomic E-state index is 13.7. The van der Waals surface area contributed by atoms with Gasteiger partial charge in [0.2, 0.25) is 0 Å². The summed E-state index contributed by atoms with van der Waals surface area (Å²) in [5, 5.41) is 11.7. The van der Waals surface area contributed by atoms with E-state index in [2.05, 4.69) is 10.3 Å². The van der Waals surface area contributed by atoms with E-state index in [4.69, 9.17) is 5.11 Å². The number of benzene rings is 1. The van der Waals surface area contributed by atoms with Crippen LogP contribution < -0.4 is 5.32 Å². The largest absolute Gasteiger partial charge is 0.508 e. The summed E-state index contributed by atoms with van der Waals surface area (Å²) >= 11 is 0.769. The molecule has 8 heteroatoms. The van der Waals surface area contributed by atoms with E-state index < -0.39 is 17.7 Å². The summed E-state index contributed by atoms with van der Waals surface area (Å²) in [6.07, 6.45) is -4.59. The number of nitrogens with zero attached hydrogens (tertiary/aromatic N) is 1. The first-order valence-electron chi connectivity index (χ1n) is 5.53. The lowest BCUT2D eigenvalue weighted by Gasteiger charge is -2.04. The van der Waals surface area contributed by atoms with E-state index in [9.17, 15) is 17.6 Å². The Morgan fingerprint density at radius 3 is 2.60 bits per heavy atom. The number of aromatic nitrogens is 1. The van der Waals surface area contributed by atoms with Gasteiger partial charge in [-0.15, -0.1) is 11.3 Å². The molecule has 0 saturated carbocycles. The van der Waals surface area contributed by atoms with Crippen LogP contribution in [0, 0.1) is 5.82 Å². The van der Waals surface area contributed by atoms with Crippen molar-refractivity contribution >= 4 is 11.3 Å². The number of hydrogen-bond acceptors (Lipinski definition) is 4. The standard InChI is InChI=1S/C12H10F4N2OS/c1-17-5-9-10(12(14,15)16)18-11(20-9)7-3-2-6(19)4-8(7)13/h2-4,17,19H,5H2,1H3. The third-order valence-corrected chi connectivity index (χ3v) is 3.57. The Bertz CT molecular complexity index is 624. The highest BCUT2D eigenvalue weighted by atomic mass is 32.1. The monoisotopic (exact) mass is 306 g/mol. The molecule has 2 aromatic rings. The van der Waals surface area contributed by atoms with Gasteiger partial charge >= 0.3 is 6.18 Å². The van der Waals surface area contributed by atoms with Crippen molar-refractivity contribution in [1.29, 1.82) is 0 Å². The minimum Gasteiger partial charge on any atom is -0.508 e. The van der Waals surface area contributed by atoms with Gasteiger partial charge in [0.15, 0.2) is 5.69 Å². The Hall–Kier alpha value is -1.67. The summed E-state index contributed by atoms with van der Waals surface area (Å²) < 4.78 is 52.2. The van der Waals surface area contributed by atoms with Crippen LogP contribution in [-0.2, 0) is 12.7 Å². The zero-order valence-electron chi connectivity index (χ0n) is 10.3. The molecular formula is C12H10F4N2OS. The average molecular weight is 306 g/mol. The van der Waals surface area contributed by atoms with Crippen molar-refractivity contribution in [3.05, 3.63) is 34.6 Å². The topological polar surface area (TPSA) is 45.1 Å². The van der Waals surface area contributed by atoms with Gasteiger partial charge in [-0.05, 0) is 19.2 Å². The molecule has 20 heavy (non-hydrogen) atoms. The summed E-state index contributed by atoms with van der Waals surface area (Å²) in [5.41, 5.74) is -1.08. The van der Waals surface area contributed by atoms with Gasteiger partial charge < -0.3 is 10.4 Å². The van der Waals surface area contributed by atoms with Crippen molar-refractivity contribution in [2.24, 2.45) is 0 Å². The molecule has 0 radical (unpaired) electrons. The second-order valence-corrected chi connectivity index (χ2v) is 5.07. The molecule has 0 atom stereocenters. The third-order valence-electron chi connectivity index (χ3n) is 2.49. The van der Waals surface area contributed by atoms with Crippen LogP contribution >= 0.6 is 11.3 Å². The highest BCUT2D eigenvalue weighted by molar-refractivity contribution is 7.15. The van der Waals surface area contributed by atoms with E-state index in [0.717, 1.165) is 17.4 Å². The van der Waals surface area contributed by atoms with Crippen molar-refractivity contribution in [1.82, 2.24) is 10.3 Å². The Morgan fingerprint density at radius 1 is 1.35 bits per heavy atom. The lowest BCUT2D eigenvalue weighted by Crippen LogP contribution is -2.12. The van der Waals surface area contributed by atoms with Gasteiger partial charge in [0, 0.05) is 18.2 Å². The molecule has 0 bridgehead atoms. The first-order chi connectivity index (χ1) is 9.32. The fourth-order valence-electron chi connectivity index (χ4n) is 1.65. The Kier molecular flexibility index (Phi) is 3.96. The number of alkyl halides is 3. The highest BCUT2D eigenvalue weighted by Gasteiger charge is 2.37. The molecule has 1 aromatic heterocycles. The van der Waals surface area contributed by atoms with E-state index in [1.54, 1.807) is 0 Å². The van der Waals surface area contributed by atoms with E-state index in [1.165, 1.54) is 19.2 Å². The van der Waals surface area contributed by atoms with Crippen LogP contribution in [0.2, 0.25) is 0 Å². The van der Waals surface area contributed by atoms with E-state index in [0.29, 0.717) is 0 Å². The molecule has 0 aliphatic heterocycles. The maximum absolute atomic E-state index is 13.7. The smallest absolute Gasteiger partial charge is 0.434 e. The fraction of sp³-hybridized carbons (Fsp3) is 0.250. The van der Waals surface area contributed by atoms with Crippen molar-refractivity contribution in [3.63, 3.8) is 0 Å². The number of thiazole rings is 1. The van der Waals surface area contributed by atoms with Crippen LogP contribution in [0.1, 0.15) is 10.6 Å². The first-order valence-corrected chi connectivity index (χ1v) is 6.35. The summed E-state index contributed by atoms with van der Waals surface area (Å²) in [6, 6.07) is 3.24. The molecule has 1 aromatic carbocycles. The zero-order chi connectivity index (χ0) is 14.9. The Morgan fingerprint density at radius 2 is 2.05 bits per heavy atom. The molecule has 2 N–H and O–H groups in total. The Balaban J connectivity index is 2.53. The van der Waals surface area contributed by atoms with E-state index in [1.807, 2.05) is 0 Å². The number of halogens is 4. The molecule has 0 amide bonds. The van der Waals surface area contributed by atoms with Gasteiger partial charge in [0.05, 0.1) is 4.88 Å². The summed E-state index contributed by atoms with van der Waals surface area (Å²) in [4.78, 5) is 3.48. The SMILES string of the molecule is CNCc1sc(-c2ccc(O)cc2F)nc1C(F)(F)F. The molecular weight excluding hydrogens is 296 g/mol. The van der Waals surface area contributed by atoms with E-state index in [-0.39, 0.29) is 27.7 Å². The summed E-state index contributed by atoms with van der Waals surface area (Å²) in [5.74, 6) is -1.11. The van der Waals surface area contributed by atoms with Crippen molar-refractivity contribution in [3.8, 4) is 16.3 Å². The fourth-order valence-corrected chi connectivity index (χ4v) is 2.77. The van der Waals surface area contributed by atoms with Gasteiger partial charge in [-0.3, -0.25) is 0 Å². The molecule has 0 saturated heterocycles. The number of rotatable bonds is 3. The van der Waals surface area contributed by atoms with Gasteiger partial charge in [0.25, 0.3) is 0 Å². The van der Waals surface area contributed by atoms with Crippen LogP contribution in [0.4, 0.5) is 17.6 Å². The molecule has 0 aliphatic rings. The maximum Gasteiger partial charge on any atom is 0.434 e.